The van der Waals surface area contributed by atoms with Gasteiger partial charge in [0.1, 0.15) is 16.4 Å². The quantitative estimate of drug-likeness (QED) is 0.486. The van der Waals surface area contributed by atoms with E-state index in [4.69, 9.17) is 9.47 Å². The SMILES string of the molecule is CCOc1cccc2cc(S(=O)(=O)CS(=O)(=O)C=Cc3ccc(OC)cc3)c(=O)sc12. The smallest absolute Gasteiger partial charge is 0.251 e. The van der Waals surface area contributed by atoms with Gasteiger partial charge in [-0.25, -0.2) is 16.8 Å². The number of ether oxygens (including phenoxy) is 2. The molecule has 0 radical (unpaired) electrons. The minimum atomic E-state index is -4.38. The number of benzene rings is 2. The molecule has 31 heavy (non-hydrogen) atoms. The lowest BCUT2D eigenvalue weighted by atomic mass is 10.2. The van der Waals surface area contributed by atoms with Gasteiger partial charge in [0.2, 0.25) is 0 Å². The molecule has 3 aromatic rings. The first-order valence-electron chi connectivity index (χ1n) is 9.12. The molecule has 0 saturated carbocycles. The van der Waals surface area contributed by atoms with Gasteiger partial charge in [0.05, 0.1) is 18.4 Å². The van der Waals surface area contributed by atoms with Gasteiger partial charge in [0, 0.05) is 5.41 Å². The molecule has 0 atom stereocenters. The van der Waals surface area contributed by atoms with Gasteiger partial charge in [-0.1, -0.05) is 35.6 Å². The predicted octanol–water partition coefficient (Wildman–Crippen LogP) is 3.49. The number of hydrogen-bond acceptors (Lipinski definition) is 8. The highest BCUT2D eigenvalue weighted by Gasteiger charge is 2.26. The first-order valence-corrected chi connectivity index (χ1v) is 13.3. The van der Waals surface area contributed by atoms with Crippen molar-refractivity contribution in [3.63, 3.8) is 0 Å². The second kappa shape index (κ2) is 9.21. The Bertz CT molecular complexity index is 1390. The molecule has 1 aromatic heterocycles. The number of rotatable bonds is 8. The van der Waals surface area contributed by atoms with Crippen LogP contribution in [-0.4, -0.2) is 35.6 Å². The van der Waals surface area contributed by atoms with Crippen LogP contribution < -0.4 is 14.2 Å². The summed E-state index contributed by atoms with van der Waals surface area (Å²) in [6.45, 7) is 2.18. The molecule has 0 aliphatic heterocycles. The monoisotopic (exact) mass is 480 g/mol. The van der Waals surface area contributed by atoms with Gasteiger partial charge in [-0.2, -0.15) is 0 Å². The van der Waals surface area contributed by atoms with Crippen LogP contribution in [0.25, 0.3) is 16.2 Å². The molecule has 0 aliphatic carbocycles. The Labute approximate surface area is 184 Å². The maximum atomic E-state index is 12.8. The summed E-state index contributed by atoms with van der Waals surface area (Å²) < 4.78 is 60.6. The van der Waals surface area contributed by atoms with Crippen molar-refractivity contribution in [2.75, 3.05) is 18.8 Å². The largest absolute Gasteiger partial charge is 0.497 e. The Morgan fingerprint density at radius 2 is 1.74 bits per heavy atom. The van der Waals surface area contributed by atoms with E-state index in [-0.39, 0.29) is 0 Å². The van der Waals surface area contributed by atoms with Crippen molar-refractivity contribution in [3.8, 4) is 11.5 Å². The normalized spacial score (nSPS) is 12.3. The predicted molar refractivity (Wildman–Crippen MR) is 122 cm³/mol. The van der Waals surface area contributed by atoms with Crippen LogP contribution in [0.15, 0.2) is 63.6 Å². The summed E-state index contributed by atoms with van der Waals surface area (Å²) in [5.41, 5.74) is 0.558. The van der Waals surface area contributed by atoms with Crippen molar-refractivity contribution in [1.29, 1.82) is 0 Å². The third-order valence-electron chi connectivity index (χ3n) is 4.23. The second-order valence-corrected chi connectivity index (χ2v) is 11.7. The average molecular weight is 481 g/mol. The molecule has 164 valence electrons. The van der Waals surface area contributed by atoms with Crippen molar-refractivity contribution < 1.29 is 26.3 Å². The van der Waals surface area contributed by atoms with Gasteiger partial charge in [-0.3, -0.25) is 4.79 Å². The van der Waals surface area contributed by atoms with Crippen LogP contribution in [0.3, 0.4) is 0 Å². The molecule has 0 spiro atoms. The fraction of sp³-hybridized carbons (Fsp3) is 0.190. The zero-order chi connectivity index (χ0) is 22.6. The Kier molecular flexibility index (Phi) is 6.83. The molecule has 0 saturated heterocycles. The van der Waals surface area contributed by atoms with E-state index in [2.05, 4.69) is 0 Å². The van der Waals surface area contributed by atoms with Crippen molar-refractivity contribution in [2.24, 2.45) is 0 Å². The van der Waals surface area contributed by atoms with E-state index >= 15 is 0 Å². The molecule has 0 unspecified atom stereocenters. The van der Waals surface area contributed by atoms with E-state index in [0.29, 0.717) is 33.8 Å². The van der Waals surface area contributed by atoms with Crippen LogP contribution in [0.2, 0.25) is 0 Å². The number of fused-ring (bicyclic) bond motifs is 1. The summed E-state index contributed by atoms with van der Waals surface area (Å²) in [6, 6.07) is 12.8. The molecular formula is C21H20O7S3. The van der Waals surface area contributed by atoms with Crippen molar-refractivity contribution in [1.82, 2.24) is 0 Å². The lowest BCUT2D eigenvalue weighted by molar-refractivity contribution is 0.345. The number of hydrogen-bond donors (Lipinski definition) is 0. The summed E-state index contributed by atoms with van der Waals surface area (Å²) in [5, 5.41) is 0.111. The van der Waals surface area contributed by atoms with Crippen LogP contribution in [0, 0.1) is 0 Å². The zero-order valence-corrected chi connectivity index (χ0v) is 19.2. The minimum Gasteiger partial charge on any atom is -0.497 e. The first kappa shape index (κ1) is 23.0. The molecule has 0 fully saturated rings. The Morgan fingerprint density at radius 3 is 2.39 bits per heavy atom. The summed E-state index contributed by atoms with van der Waals surface area (Å²) in [5.74, 6) is 1.08. The second-order valence-electron chi connectivity index (χ2n) is 6.48. The lowest BCUT2D eigenvalue weighted by Crippen LogP contribution is -2.20. The maximum Gasteiger partial charge on any atom is 0.251 e. The van der Waals surface area contributed by atoms with E-state index in [0.717, 1.165) is 16.7 Å². The third kappa shape index (κ3) is 5.52. The highest BCUT2D eigenvalue weighted by atomic mass is 32.3. The first-order chi connectivity index (χ1) is 14.6. The summed E-state index contributed by atoms with van der Waals surface area (Å²) >= 11 is 0.717. The highest BCUT2D eigenvalue weighted by molar-refractivity contribution is 8.09. The van der Waals surface area contributed by atoms with E-state index in [9.17, 15) is 21.6 Å². The fourth-order valence-electron chi connectivity index (χ4n) is 2.80. The van der Waals surface area contributed by atoms with Crippen LogP contribution in [0.4, 0.5) is 0 Å². The average Bonchev–Trinajstić information content (AvgIpc) is 2.72. The molecule has 0 N–H and O–H groups in total. The van der Waals surface area contributed by atoms with E-state index in [1.807, 2.05) is 0 Å². The zero-order valence-electron chi connectivity index (χ0n) is 16.8. The van der Waals surface area contributed by atoms with Crippen LogP contribution in [0.5, 0.6) is 11.5 Å². The molecule has 0 amide bonds. The third-order valence-corrected chi connectivity index (χ3v) is 9.48. The standard InChI is InChI=1S/C21H20O7S3/c1-3-28-18-6-4-5-16-13-19(21(22)29-20(16)18)31(25,26)14-30(23,24)12-11-15-7-9-17(27-2)10-8-15/h4-13H,3,14H2,1-2H3. The van der Waals surface area contributed by atoms with Gasteiger partial charge in [0.25, 0.3) is 4.74 Å². The van der Waals surface area contributed by atoms with Crippen LogP contribution in [-0.2, 0) is 19.7 Å². The lowest BCUT2D eigenvalue weighted by Gasteiger charge is -2.08. The minimum absolute atomic E-state index is 0.388. The Balaban J connectivity index is 1.91. The van der Waals surface area contributed by atoms with Gasteiger partial charge in [-0.05, 0) is 48.2 Å². The van der Waals surface area contributed by atoms with E-state index < -0.39 is 34.4 Å². The van der Waals surface area contributed by atoms with Crippen LogP contribution in [0.1, 0.15) is 12.5 Å². The fourth-order valence-corrected chi connectivity index (χ4v) is 7.60. The number of sulfone groups is 2. The molecule has 7 nitrogen and oxygen atoms in total. The molecule has 10 heteroatoms. The molecule has 2 aromatic carbocycles. The van der Waals surface area contributed by atoms with Crippen molar-refractivity contribution >= 4 is 47.2 Å². The molecule has 1 heterocycles. The highest BCUT2D eigenvalue weighted by Crippen LogP contribution is 2.29. The maximum absolute atomic E-state index is 12.8. The summed E-state index contributed by atoms with van der Waals surface area (Å²) in [7, 11) is -7.02. The Hall–Kier alpha value is -2.69. The van der Waals surface area contributed by atoms with Gasteiger partial charge in [0.15, 0.2) is 24.8 Å². The van der Waals surface area contributed by atoms with Crippen molar-refractivity contribution in [3.05, 3.63) is 69.0 Å². The molecule has 0 bridgehead atoms. The summed E-state index contributed by atoms with van der Waals surface area (Å²) in [6.07, 6.45) is 1.29. The molecular weight excluding hydrogens is 460 g/mol. The van der Waals surface area contributed by atoms with Gasteiger partial charge >= 0.3 is 0 Å². The van der Waals surface area contributed by atoms with E-state index in [1.54, 1.807) is 49.4 Å². The molecule has 0 aliphatic rings. The van der Waals surface area contributed by atoms with Gasteiger partial charge < -0.3 is 9.47 Å². The van der Waals surface area contributed by atoms with Crippen molar-refractivity contribution in [2.45, 2.75) is 11.8 Å². The van der Waals surface area contributed by atoms with Gasteiger partial charge in [-0.15, -0.1) is 0 Å². The van der Waals surface area contributed by atoms with Crippen LogP contribution >= 0.6 is 11.3 Å². The Morgan fingerprint density at radius 1 is 1.03 bits per heavy atom. The number of methoxy groups -OCH3 is 1. The summed E-state index contributed by atoms with van der Waals surface area (Å²) in [4.78, 5) is 12.0. The van der Waals surface area contributed by atoms with E-state index in [1.165, 1.54) is 19.3 Å². The molecule has 3 rings (SSSR count). The topological polar surface area (TPSA) is 104 Å².